The number of halogens is 1. The second-order valence-electron chi connectivity index (χ2n) is 6.86. The van der Waals surface area contributed by atoms with Crippen LogP contribution >= 0.6 is 11.6 Å². The van der Waals surface area contributed by atoms with Crippen LogP contribution in [0.3, 0.4) is 0 Å². The zero-order chi connectivity index (χ0) is 22.0. The molecule has 0 aliphatic rings. The first-order chi connectivity index (χ1) is 14.9. The lowest BCUT2D eigenvalue weighted by Crippen LogP contribution is -2.33. The maximum Gasteiger partial charge on any atom is 0.341 e. The maximum absolute atomic E-state index is 13.1. The minimum atomic E-state index is -1.33. The summed E-state index contributed by atoms with van der Waals surface area (Å²) in [6, 6.07) is 14.7. The van der Waals surface area contributed by atoms with Gasteiger partial charge in [0.2, 0.25) is 5.91 Å². The highest BCUT2D eigenvalue weighted by Crippen LogP contribution is 2.23. The molecule has 0 spiro atoms. The van der Waals surface area contributed by atoms with Crippen LogP contribution in [0, 0.1) is 0 Å². The molecule has 4 aromatic rings. The Morgan fingerprint density at radius 1 is 1.16 bits per heavy atom. The fourth-order valence-corrected chi connectivity index (χ4v) is 3.67. The Bertz CT molecular complexity index is 1320. The van der Waals surface area contributed by atoms with Crippen molar-refractivity contribution < 1.29 is 14.7 Å². The number of fused-ring (bicyclic) bond motifs is 1. The number of hydrogen-bond acceptors (Lipinski definition) is 4. The number of aromatic amines is 1. The standard InChI is InChI=1S/C22H17ClN4O4/c23-16-9-14-11-17(22(30)31)20(28)26-18(14)15(10-16)12-24-21(29)19(27-8-4-7-25-27)13-5-2-1-3-6-13/h1-11,19H,12H2,(H,24,29)(H,26,28)(H,30,31). The van der Waals surface area contributed by atoms with Crippen molar-refractivity contribution in [1.82, 2.24) is 20.1 Å². The van der Waals surface area contributed by atoms with E-state index in [1.165, 1.54) is 6.07 Å². The SMILES string of the molecule is O=C(O)c1cc2cc(Cl)cc(CNC(=O)C(c3ccccc3)n3cccn3)c2[nH]c1=O. The predicted molar refractivity (Wildman–Crippen MR) is 115 cm³/mol. The van der Waals surface area contributed by atoms with Crippen LogP contribution in [0.1, 0.15) is 27.5 Å². The minimum Gasteiger partial charge on any atom is -0.477 e. The van der Waals surface area contributed by atoms with Crippen LogP contribution in [-0.4, -0.2) is 31.7 Å². The molecule has 0 bridgehead atoms. The van der Waals surface area contributed by atoms with Crippen molar-refractivity contribution in [2.45, 2.75) is 12.6 Å². The Hall–Kier alpha value is -3.91. The third-order valence-electron chi connectivity index (χ3n) is 4.83. The molecule has 8 nitrogen and oxygen atoms in total. The van der Waals surface area contributed by atoms with Gasteiger partial charge in [0.15, 0.2) is 6.04 Å². The monoisotopic (exact) mass is 436 g/mol. The van der Waals surface area contributed by atoms with Crippen molar-refractivity contribution in [2.24, 2.45) is 0 Å². The van der Waals surface area contributed by atoms with E-state index in [9.17, 15) is 19.5 Å². The molecular formula is C22H17ClN4O4. The second kappa shape index (κ2) is 8.45. The molecule has 156 valence electrons. The number of aromatic nitrogens is 3. The lowest BCUT2D eigenvalue weighted by molar-refractivity contribution is -0.123. The molecule has 0 fully saturated rings. The first kappa shape index (κ1) is 20.4. The number of amides is 1. The zero-order valence-electron chi connectivity index (χ0n) is 16.1. The van der Waals surface area contributed by atoms with E-state index in [1.54, 1.807) is 35.3 Å². The van der Waals surface area contributed by atoms with Crippen LogP contribution in [0.15, 0.2) is 71.8 Å². The summed E-state index contributed by atoms with van der Waals surface area (Å²) in [5, 5.41) is 17.1. The van der Waals surface area contributed by atoms with Gasteiger partial charge >= 0.3 is 5.97 Å². The summed E-state index contributed by atoms with van der Waals surface area (Å²) in [5.41, 5.74) is 0.618. The molecule has 1 amide bonds. The Labute approximate surface area is 181 Å². The molecule has 0 saturated heterocycles. The molecule has 4 rings (SSSR count). The van der Waals surface area contributed by atoms with E-state index >= 15 is 0 Å². The number of nitrogens with zero attached hydrogens (tertiary/aromatic N) is 2. The third kappa shape index (κ3) is 4.19. The van der Waals surface area contributed by atoms with Gasteiger partial charge in [-0.3, -0.25) is 14.3 Å². The minimum absolute atomic E-state index is 0.0723. The van der Waals surface area contributed by atoms with E-state index in [2.05, 4.69) is 15.4 Å². The molecule has 3 N–H and O–H groups in total. The van der Waals surface area contributed by atoms with Gasteiger partial charge in [-0.05, 0) is 35.4 Å². The number of aromatic carboxylic acids is 1. The van der Waals surface area contributed by atoms with E-state index in [0.29, 0.717) is 21.5 Å². The molecule has 2 heterocycles. The molecule has 0 saturated carbocycles. The van der Waals surface area contributed by atoms with Gasteiger partial charge in [-0.1, -0.05) is 41.9 Å². The number of carbonyl (C=O) groups is 2. The second-order valence-corrected chi connectivity index (χ2v) is 7.30. The third-order valence-corrected chi connectivity index (χ3v) is 5.05. The zero-order valence-corrected chi connectivity index (χ0v) is 16.8. The molecule has 31 heavy (non-hydrogen) atoms. The normalized spacial score (nSPS) is 11.9. The number of carboxylic acids is 1. The average Bonchev–Trinajstić information content (AvgIpc) is 3.27. The van der Waals surface area contributed by atoms with Gasteiger partial charge in [0.05, 0.1) is 5.52 Å². The molecule has 0 aliphatic carbocycles. The van der Waals surface area contributed by atoms with E-state index < -0.39 is 17.6 Å². The molecule has 1 unspecified atom stereocenters. The highest BCUT2D eigenvalue weighted by Gasteiger charge is 2.23. The van der Waals surface area contributed by atoms with Crippen molar-refractivity contribution >= 4 is 34.4 Å². The van der Waals surface area contributed by atoms with Gasteiger partial charge in [0, 0.05) is 29.3 Å². The van der Waals surface area contributed by atoms with Gasteiger partial charge in [0.25, 0.3) is 5.56 Å². The molecule has 9 heteroatoms. The Kier molecular flexibility index (Phi) is 5.55. The van der Waals surface area contributed by atoms with E-state index in [0.717, 1.165) is 5.56 Å². The van der Waals surface area contributed by atoms with E-state index in [-0.39, 0.29) is 18.0 Å². The van der Waals surface area contributed by atoms with Gasteiger partial charge in [-0.25, -0.2) is 4.79 Å². The van der Waals surface area contributed by atoms with Crippen LogP contribution in [0.4, 0.5) is 0 Å². The fraction of sp³-hybridized carbons (Fsp3) is 0.0909. The quantitative estimate of drug-likeness (QED) is 0.429. The number of pyridine rings is 1. The number of carboxylic acid groups (broad SMARTS) is 1. The lowest BCUT2D eigenvalue weighted by atomic mass is 10.1. The predicted octanol–water partition coefficient (Wildman–Crippen LogP) is 2.98. The van der Waals surface area contributed by atoms with Gasteiger partial charge in [0.1, 0.15) is 5.56 Å². The van der Waals surface area contributed by atoms with Crippen molar-refractivity contribution in [3.63, 3.8) is 0 Å². The summed E-state index contributed by atoms with van der Waals surface area (Å²) in [4.78, 5) is 39.1. The number of benzene rings is 2. The highest BCUT2D eigenvalue weighted by molar-refractivity contribution is 6.31. The first-order valence-electron chi connectivity index (χ1n) is 9.34. The largest absolute Gasteiger partial charge is 0.477 e. The Morgan fingerprint density at radius 3 is 2.61 bits per heavy atom. The molecule has 0 aliphatic heterocycles. The smallest absolute Gasteiger partial charge is 0.341 e. The summed E-state index contributed by atoms with van der Waals surface area (Å²) in [7, 11) is 0. The summed E-state index contributed by atoms with van der Waals surface area (Å²) in [5.74, 6) is -1.63. The summed E-state index contributed by atoms with van der Waals surface area (Å²) < 4.78 is 1.56. The van der Waals surface area contributed by atoms with E-state index in [1.807, 2.05) is 30.3 Å². The first-order valence-corrected chi connectivity index (χ1v) is 9.72. The molecule has 2 aromatic heterocycles. The Balaban J connectivity index is 1.66. The van der Waals surface area contributed by atoms with Crippen molar-refractivity contribution in [1.29, 1.82) is 0 Å². The molecule has 2 aromatic carbocycles. The van der Waals surface area contributed by atoms with Crippen molar-refractivity contribution in [3.05, 3.63) is 99.1 Å². The van der Waals surface area contributed by atoms with Crippen LogP contribution < -0.4 is 10.9 Å². The van der Waals surface area contributed by atoms with E-state index in [4.69, 9.17) is 11.6 Å². The number of rotatable bonds is 6. The van der Waals surface area contributed by atoms with Gasteiger partial charge in [-0.2, -0.15) is 5.10 Å². The number of hydrogen-bond donors (Lipinski definition) is 3. The summed E-state index contributed by atoms with van der Waals surface area (Å²) in [6.45, 7) is 0.0723. The van der Waals surface area contributed by atoms with Crippen LogP contribution in [0.2, 0.25) is 5.02 Å². The molecule has 0 radical (unpaired) electrons. The van der Waals surface area contributed by atoms with Gasteiger partial charge in [-0.15, -0.1) is 0 Å². The highest BCUT2D eigenvalue weighted by atomic mass is 35.5. The average molecular weight is 437 g/mol. The van der Waals surface area contributed by atoms with Crippen molar-refractivity contribution in [2.75, 3.05) is 0 Å². The Morgan fingerprint density at radius 2 is 1.94 bits per heavy atom. The summed E-state index contributed by atoms with van der Waals surface area (Å²) in [6.07, 6.45) is 3.30. The van der Waals surface area contributed by atoms with Crippen molar-refractivity contribution in [3.8, 4) is 0 Å². The molecular weight excluding hydrogens is 420 g/mol. The number of nitrogens with one attached hydrogen (secondary N) is 2. The lowest BCUT2D eigenvalue weighted by Gasteiger charge is -2.18. The van der Waals surface area contributed by atoms with Crippen LogP contribution in [0.5, 0.6) is 0 Å². The fourth-order valence-electron chi connectivity index (χ4n) is 3.42. The molecule has 1 atom stereocenters. The van der Waals surface area contributed by atoms with Gasteiger partial charge < -0.3 is 15.4 Å². The van der Waals surface area contributed by atoms with Crippen LogP contribution in [-0.2, 0) is 11.3 Å². The number of carbonyl (C=O) groups excluding carboxylic acids is 1. The van der Waals surface area contributed by atoms with Crippen LogP contribution in [0.25, 0.3) is 10.9 Å². The summed E-state index contributed by atoms with van der Waals surface area (Å²) >= 11 is 6.18. The topological polar surface area (TPSA) is 117 Å². The number of H-pyrrole nitrogens is 1. The maximum atomic E-state index is 13.1.